The van der Waals surface area contributed by atoms with Crippen molar-refractivity contribution in [2.75, 3.05) is 0 Å². The molecule has 1 spiro atoms. The molecule has 1 aliphatic heterocycles. The van der Waals surface area contributed by atoms with Gasteiger partial charge in [0.05, 0.1) is 5.41 Å². The molecular formula is C32H25ClS. The zero-order valence-electron chi connectivity index (χ0n) is 18.9. The molecule has 2 saturated carbocycles. The SMILES string of the molecule is Clc1cc(C2CC3CCC2C3)c2c(c1)C1(c3ccccc3S2)c2ccccc2-c2ccccc21. The lowest BCUT2D eigenvalue weighted by Gasteiger charge is -2.41. The van der Waals surface area contributed by atoms with Crippen molar-refractivity contribution in [2.24, 2.45) is 11.8 Å². The van der Waals surface area contributed by atoms with Gasteiger partial charge < -0.3 is 0 Å². The molecule has 1 heterocycles. The smallest absolute Gasteiger partial charge is 0.0736 e. The zero-order valence-corrected chi connectivity index (χ0v) is 20.5. The monoisotopic (exact) mass is 476 g/mol. The van der Waals surface area contributed by atoms with Crippen molar-refractivity contribution in [3.05, 3.63) is 118 Å². The topological polar surface area (TPSA) is 0 Å². The summed E-state index contributed by atoms with van der Waals surface area (Å²) in [7, 11) is 0. The molecule has 2 heteroatoms. The van der Waals surface area contributed by atoms with Crippen LogP contribution in [0, 0.1) is 11.8 Å². The van der Waals surface area contributed by atoms with Gasteiger partial charge in [-0.25, -0.2) is 0 Å². The zero-order chi connectivity index (χ0) is 22.4. The number of hydrogen-bond donors (Lipinski definition) is 0. The summed E-state index contributed by atoms with van der Waals surface area (Å²) in [6, 6.07) is 31.8. The van der Waals surface area contributed by atoms with Crippen LogP contribution in [0.1, 0.15) is 59.4 Å². The Labute approximate surface area is 210 Å². The molecule has 0 N–H and O–H groups in total. The maximum Gasteiger partial charge on any atom is 0.0736 e. The molecular weight excluding hydrogens is 452 g/mol. The van der Waals surface area contributed by atoms with E-state index in [0.29, 0.717) is 5.92 Å². The Morgan fingerprint density at radius 1 is 0.706 bits per heavy atom. The summed E-state index contributed by atoms with van der Waals surface area (Å²) < 4.78 is 0. The largest absolute Gasteiger partial charge is 0.0891 e. The maximum atomic E-state index is 7.00. The van der Waals surface area contributed by atoms with Crippen molar-refractivity contribution in [3.63, 3.8) is 0 Å². The molecule has 0 amide bonds. The highest BCUT2D eigenvalue weighted by molar-refractivity contribution is 7.99. The van der Waals surface area contributed by atoms with Gasteiger partial charge in [-0.2, -0.15) is 0 Å². The first-order valence-corrected chi connectivity index (χ1v) is 13.7. The van der Waals surface area contributed by atoms with Crippen LogP contribution in [0.3, 0.4) is 0 Å². The quantitative estimate of drug-likeness (QED) is 0.228. The van der Waals surface area contributed by atoms with E-state index in [4.69, 9.17) is 11.6 Å². The lowest BCUT2D eigenvalue weighted by atomic mass is 9.66. The van der Waals surface area contributed by atoms with E-state index in [9.17, 15) is 0 Å². The van der Waals surface area contributed by atoms with Crippen molar-refractivity contribution >= 4 is 23.4 Å². The maximum absolute atomic E-state index is 7.00. The third-order valence-corrected chi connectivity index (χ3v) is 10.5. The summed E-state index contributed by atoms with van der Waals surface area (Å²) in [5, 5.41) is 0.887. The van der Waals surface area contributed by atoms with Crippen LogP contribution in [-0.2, 0) is 5.41 Å². The number of halogens is 1. The molecule has 4 aliphatic rings. The van der Waals surface area contributed by atoms with Crippen molar-refractivity contribution in [1.29, 1.82) is 0 Å². The van der Waals surface area contributed by atoms with E-state index in [2.05, 4.69) is 84.9 Å². The summed E-state index contributed by atoms with van der Waals surface area (Å²) in [6.07, 6.45) is 5.54. The van der Waals surface area contributed by atoms with Gasteiger partial charge in [-0.3, -0.25) is 0 Å². The lowest BCUT2D eigenvalue weighted by Crippen LogP contribution is -2.32. The summed E-state index contributed by atoms with van der Waals surface area (Å²) in [6.45, 7) is 0. The van der Waals surface area contributed by atoms with Crippen LogP contribution >= 0.6 is 23.4 Å². The molecule has 0 nitrogen and oxygen atoms in total. The Bertz CT molecular complexity index is 1440. The Kier molecular flexibility index (Phi) is 4.09. The van der Waals surface area contributed by atoms with E-state index in [1.54, 1.807) is 0 Å². The van der Waals surface area contributed by atoms with Crippen molar-refractivity contribution < 1.29 is 0 Å². The van der Waals surface area contributed by atoms with E-state index in [1.165, 1.54) is 74.4 Å². The van der Waals surface area contributed by atoms with Crippen LogP contribution in [0.15, 0.2) is 94.7 Å². The fraction of sp³-hybridized carbons (Fsp3) is 0.250. The van der Waals surface area contributed by atoms with Gasteiger partial charge in [-0.15, -0.1) is 0 Å². The minimum Gasteiger partial charge on any atom is -0.0891 e. The Hall–Kier alpha value is -2.48. The Morgan fingerprint density at radius 3 is 2.06 bits per heavy atom. The first-order chi connectivity index (χ1) is 16.7. The van der Waals surface area contributed by atoms with Crippen molar-refractivity contribution in [1.82, 2.24) is 0 Å². The molecule has 0 saturated heterocycles. The van der Waals surface area contributed by atoms with Gasteiger partial charge in [0.2, 0.25) is 0 Å². The third-order valence-electron chi connectivity index (χ3n) is 9.08. The van der Waals surface area contributed by atoms with Gasteiger partial charge in [0.25, 0.3) is 0 Å². The first kappa shape index (κ1) is 19.8. The second-order valence-corrected chi connectivity index (χ2v) is 12.1. The predicted octanol–water partition coefficient (Wildman–Crippen LogP) is 9.07. The molecule has 0 radical (unpaired) electrons. The summed E-state index contributed by atoms with van der Waals surface area (Å²) in [4.78, 5) is 2.85. The number of rotatable bonds is 1. The van der Waals surface area contributed by atoms with Gasteiger partial charge in [0, 0.05) is 14.8 Å². The highest BCUT2D eigenvalue weighted by Gasteiger charge is 2.51. The van der Waals surface area contributed by atoms with Crippen molar-refractivity contribution in [3.8, 4) is 11.1 Å². The van der Waals surface area contributed by atoms with Crippen LogP contribution in [-0.4, -0.2) is 0 Å². The predicted molar refractivity (Wildman–Crippen MR) is 141 cm³/mol. The molecule has 2 bridgehead atoms. The van der Waals surface area contributed by atoms with Crippen LogP contribution in [0.5, 0.6) is 0 Å². The van der Waals surface area contributed by atoms with Gasteiger partial charge in [0.1, 0.15) is 0 Å². The fourth-order valence-electron chi connectivity index (χ4n) is 7.84. The van der Waals surface area contributed by atoms with Crippen LogP contribution in [0.2, 0.25) is 5.02 Å². The van der Waals surface area contributed by atoms with E-state index in [1.807, 2.05) is 11.8 Å². The lowest BCUT2D eigenvalue weighted by molar-refractivity contribution is 0.415. The average Bonchev–Trinajstić information content (AvgIpc) is 3.58. The Morgan fingerprint density at radius 2 is 1.38 bits per heavy atom. The van der Waals surface area contributed by atoms with Gasteiger partial charge in [-0.05, 0) is 94.2 Å². The molecule has 4 aromatic carbocycles. The van der Waals surface area contributed by atoms with E-state index >= 15 is 0 Å². The second kappa shape index (κ2) is 7.03. The van der Waals surface area contributed by atoms with Crippen LogP contribution in [0.25, 0.3) is 11.1 Å². The highest BCUT2D eigenvalue weighted by Crippen LogP contribution is 2.64. The third kappa shape index (κ3) is 2.42. The van der Waals surface area contributed by atoms with Gasteiger partial charge in [0.15, 0.2) is 0 Å². The molecule has 3 unspecified atom stereocenters. The summed E-state index contributed by atoms with van der Waals surface area (Å²) >= 11 is 8.98. The molecule has 166 valence electrons. The standard InChI is InChI=1S/C32H25ClS/c33-21-17-25(24-16-19-13-14-20(24)15-19)31-29(18-21)32(28-11-5-6-12-30(28)34-31)26-9-3-1-7-22(26)23-8-2-4-10-27(23)32/h1-12,17-20,24H,13-16H2. The first-order valence-electron chi connectivity index (χ1n) is 12.6. The molecule has 0 aromatic heterocycles. The van der Waals surface area contributed by atoms with E-state index < -0.39 is 0 Å². The van der Waals surface area contributed by atoms with Crippen LogP contribution in [0.4, 0.5) is 0 Å². The highest BCUT2D eigenvalue weighted by atomic mass is 35.5. The molecule has 3 aliphatic carbocycles. The van der Waals surface area contributed by atoms with Crippen molar-refractivity contribution in [2.45, 2.75) is 46.8 Å². The summed E-state index contributed by atoms with van der Waals surface area (Å²) in [5.41, 5.74) is 9.47. The Balaban J connectivity index is 1.50. The van der Waals surface area contributed by atoms with E-state index in [0.717, 1.165) is 16.9 Å². The molecule has 8 rings (SSSR count). The van der Waals surface area contributed by atoms with E-state index in [-0.39, 0.29) is 5.41 Å². The molecule has 2 fully saturated rings. The number of fused-ring (bicyclic) bond motifs is 11. The van der Waals surface area contributed by atoms with Gasteiger partial charge in [-0.1, -0.05) is 96.5 Å². The normalized spacial score (nSPS) is 24.6. The molecule has 4 aromatic rings. The minimum absolute atomic E-state index is 0.318. The summed E-state index contributed by atoms with van der Waals surface area (Å²) in [5.74, 6) is 2.38. The van der Waals surface area contributed by atoms with Gasteiger partial charge >= 0.3 is 0 Å². The fourth-order valence-corrected chi connectivity index (χ4v) is 9.42. The average molecular weight is 477 g/mol. The number of benzene rings is 4. The number of hydrogen-bond acceptors (Lipinski definition) is 1. The van der Waals surface area contributed by atoms with Crippen LogP contribution < -0.4 is 0 Å². The molecule has 34 heavy (non-hydrogen) atoms. The second-order valence-electron chi connectivity index (χ2n) is 10.6. The molecule has 3 atom stereocenters. The minimum atomic E-state index is -0.318.